The number of hydrogen-bond acceptors (Lipinski definition) is 15. The van der Waals surface area contributed by atoms with Crippen LogP contribution in [0.25, 0.3) is 0 Å². The van der Waals surface area contributed by atoms with Crippen molar-refractivity contribution in [2.45, 2.75) is 197 Å². The first kappa shape index (κ1) is 55.3. The molecule has 2 heterocycles. The SMILES string of the molecule is CCCCC/C=C/C/C=C/C/C=C/C/C=C/C/C=C/CCC(=O)O[C@H](COC(=O)CCCCCCCCC)CO[C@H]1O[C@@H](CO[C@H]2O[C@@H](CO)[C@@H](O)C(O)C2O)[C@@H](O)C(O)C1O. The minimum absolute atomic E-state index is 0.0401. The number of allylic oxidation sites excluding steroid dienone is 10. The molecule has 7 N–H and O–H groups in total. The highest BCUT2D eigenvalue weighted by atomic mass is 16.7. The van der Waals surface area contributed by atoms with E-state index in [4.69, 9.17) is 28.4 Å². The second kappa shape index (κ2) is 34.6. The standard InChI is InChI=1S/C47H78O15/c1-3-5-7-9-11-12-13-14-15-16-17-18-19-20-21-22-24-26-28-30-39(50)60-35(32-57-38(49)29-27-25-23-10-8-6-4-2)33-58-46-45(56)43(54)41(52)37(62-46)34-59-47-44(55)42(53)40(51)36(31-48)61-47/h11-12,14-15,17-18,20-21,24,26,35-37,40-48,51-56H,3-10,13,16,19,22-23,25,27-34H2,1-2H3/b12-11+,15-14+,18-17+,21-20+,26-24+/t35-,36+,37+,40-,41-,42?,43?,44?,45?,46+,47+/m1/s1. The van der Waals surface area contributed by atoms with E-state index in [1.165, 1.54) is 25.7 Å². The summed E-state index contributed by atoms with van der Waals surface area (Å²) in [6.07, 6.45) is 20.2. The number of carbonyl (C=O) groups is 2. The Morgan fingerprint density at radius 2 is 1.00 bits per heavy atom. The molecule has 2 aliphatic rings. The maximum absolute atomic E-state index is 12.9. The molecule has 0 aromatic carbocycles. The quantitative estimate of drug-likeness (QED) is 0.0263. The molecule has 2 aliphatic heterocycles. The first-order chi connectivity index (χ1) is 30.0. The van der Waals surface area contributed by atoms with Gasteiger partial charge in [0.2, 0.25) is 0 Å². The van der Waals surface area contributed by atoms with E-state index in [0.29, 0.717) is 19.3 Å². The summed E-state index contributed by atoms with van der Waals surface area (Å²) in [7, 11) is 0. The van der Waals surface area contributed by atoms with Gasteiger partial charge in [0, 0.05) is 12.8 Å². The summed E-state index contributed by atoms with van der Waals surface area (Å²) >= 11 is 0. The van der Waals surface area contributed by atoms with Gasteiger partial charge < -0.3 is 64.2 Å². The van der Waals surface area contributed by atoms with Crippen molar-refractivity contribution in [3.05, 3.63) is 60.8 Å². The van der Waals surface area contributed by atoms with Gasteiger partial charge in [0.05, 0.1) is 19.8 Å². The highest BCUT2D eigenvalue weighted by Gasteiger charge is 2.47. The monoisotopic (exact) mass is 883 g/mol. The topological polar surface area (TPSA) is 231 Å². The number of unbranched alkanes of at least 4 members (excludes halogenated alkanes) is 9. The van der Waals surface area contributed by atoms with E-state index in [9.17, 15) is 45.3 Å². The zero-order valence-corrected chi connectivity index (χ0v) is 37.1. The number of rotatable bonds is 33. The molecule has 0 amide bonds. The van der Waals surface area contributed by atoms with Crippen LogP contribution in [0.5, 0.6) is 0 Å². The van der Waals surface area contributed by atoms with Crippen LogP contribution >= 0.6 is 0 Å². The van der Waals surface area contributed by atoms with Gasteiger partial charge in [0.1, 0.15) is 55.4 Å². The van der Waals surface area contributed by atoms with Crippen LogP contribution in [-0.2, 0) is 38.0 Å². The number of aliphatic hydroxyl groups excluding tert-OH is 7. The van der Waals surface area contributed by atoms with E-state index in [-0.39, 0.29) is 19.4 Å². The van der Waals surface area contributed by atoms with E-state index in [2.05, 4.69) is 62.5 Å². The first-order valence-corrected chi connectivity index (χ1v) is 22.9. The van der Waals surface area contributed by atoms with Gasteiger partial charge >= 0.3 is 11.9 Å². The van der Waals surface area contributed by atoms with Gasteiger partial charge in [0.25, 0.3) is 0 Å². The van der Waals surface area contributed by atoms with Crippen molar-refractivity contribution in [2.24, 2.45) is 0 Å². The molecule has 2 saturated heterocycles. The lowest BCUT2D eigenvalue weighted by molar-refractivity contribution is -0.332. The molecule has 0 aromatic rings. The molecule has 0 aliphatic carbocycles. The Kier molecular flexibility index (Phi) is 30.9. The number of ether oxygens (including phenoxy) is 6. The van der Waals surface area contributed by atoms with Gasteiger partial charge in [-0.15, -0.1) is 0 Å². The summed E-state index contributed by atoms with van der Waals surface area (Å²) in [5.41, 5.74) is 0. The molecule has 0 bridgehead atoms. The second-order valence-electron chi connectivity index (χ2n) is 15.9. The third-order valence-electron chi connectivity index (χ3n) is 10.5. The van der Waals surface area contributed by atoms with Crippen LogP contribution in [0.4, 0.5) is 0 Å². The summed E-state index contributed by atoms with van der Waals surface area (Å²) in [5, 5.41) is 71.7. The zero-order chi connectivity index (χ0) is 45.4. The highest BCUT2D eigenvalue weighted by molar-refractivity contribution is 5.70. The molecule has 0 radical (unpaired) electrons. The van der Waals surface area contributed by atoms with Crippen LogP contribution in [0.2, 0.25) is 0 Å². The van der Waals surface area contributed by atoms with Gasteiger partial charge in [-0.2, -0.15) is 0 Å². The lowest BCUT2D eigenvalue weighted by Crippen LogP contribution is -2.61. The van der Waals surface area contributed by atoms with Crippen LogP contribution in [0.3, 0.4) is 0 Å². The normalized spacial score (nSPS) is 27.6. The smallest absolute Gasteiger partial charge is 0.306 e. The maximum atomic E-state index is 12.9. The third kappa shape index (κ3) is 23.2. The van der Waals surface area contributed by atoms with Gasteiger partial charge in [-0.25, -0.2) is 0 Å². The number of aliphatic hydroxyl groups is 7. The Morgan fingerprint density at radius 1 is 0.516 bits per heavy atom. The number of hydrogen-bond donors (Lipinski definition) is 7. The Balaban J connectivity index is 1.86. The summed E-state index contributed by atoms with van der Waals surface area (Å²) in [6, 6.07) is 0. The predicted molar refractivity (Wildman–Crippen MR) is 233 cm³/mol. The zero-order valence-electron chi connectivity index (χ0n) is 37.1. The van der Waals surface area contributed by atoms with Gasteiger partial charge in [-0.1, -0.05) is 126 Å². The average Bonchev–Trinajstić information content (AvgIpc) is 3.26. The molecule has 0 aromatic heterocycles. The predicted octanol–water partition coefficient (Wildman–Crippen LogP) is 4.92. The summed E-state index contributed by atoms with van der Waals surface area (Å²) in [4.78, 5) is 25.5. The lowest BCUT2D eigenvalue weighted by Gasteiger charge is -2.42. The highest BCUT2D eigenvalue weighted by Crippen LogP contribution is 2.26. The molecule has 2 rings (SSSR count). The third-order valence-corrected chi connectivity index (χ3v) is 10.5. The largest absolute Gasteiger partial charge is 0.462 e. The maximum Gasteiger partial charge on any atom is 0.306 e. The minimum Gasteiger partial charge on any atom is -0.462 e. The van der Waals surface area contributed by atoms with Crippen molar-refractivity contribution < 1.29 is 73.8 Å². The van der Waals surface area contributed by atoms with Crippen molar-refractivity contribution >= 4 is 11.9 Å². The first-order valence-electron chi connectivity index (χ1n) is 22.9. The van der Waals surface area contributed by atoms with Crippen LogP contribution in [0.15, 0.2) is 60.8 Å². The van der Waals surface area contributed by atoms with Gasteiger partial charge in [-0.05, 0) is 51.4 Å². The number of esters is 2. The van der Waals surface area contributed by atoms with Gasteiger partial charge in [-0.3, -0.25) is 9.59 Å². The molecule has 2 fully saturated rings. The Bertz CT molecular complexity index is 1320. The van der Waals surface area contributed by atoms with Crippen molar-refractivity contribution in [3.8, 4) is 0 Å². The Labute approximate surface area is 369 Å². The molecular formula is C47H78O15. The Hall–Kier alpha value is -2.80. The average molecular weight is 883 g/mol. The van der Waals surface area contributed by atoms with Crippen molar-refractivity contribution in [1.29, 1.82) is 0 Å². The minimum atomic E-state index is -1.78. The second-order valence-corrected chi connectivity index (χ2v) is 15.9. The lowest BCUT2D eigenvalue weighted by atomic mass is 9.98. The van der Waals surface area contributed by atoms with Gasteiger partial charge in [0.15, 0.2) is 18.7 Å². The molecule has 62 heavy (non-hydrogen) atoms. The van der Waals surface area contributed by atoms with Crippen LogP contribution < -0.4 is 0 Å². The van der Waals surface area contributed by atoms with E-state index in [1.54, 1.807) is 0 Å². The Morgan fingerprint density at radius 3 is 1.58 bits per heavy atom. The number of carbonyl (C=O) groups excluding carboxylic acids is 2. The molecule has 11 atom stereocenters. The summed E-state index contributed by atoms with van der Waals surface area (Å²) < 4.78 is 33.3. The fourth-order valence-electron chi connectivity index (χ4n) is 6.67. The van der Waals surface area contributed by atoms with Crippen LogP contribution in [0, 0.1) is 0 Å². The van der Waals surface area contributed by atoms with E-state index >= 15 is 0 Å². The van der Waals surface area contributed by atoms with E-state index in [1.807, 2.05) is 12.2 Å². The van der Waals surface area contributed by atoms with E-state index < -0.39 is 99.3 Å². The molecule has 4 unspecified atom stereocenters. The molecule has 15 heteroatoms. The fourth-order valence-corrected chi connectivity index (χ4v) is 6.67. The fraction of sp³-hybridized carbons (Fsp3) is 0.745. The van der Waals surface area contributed by atoms with Crippen LogP contribution in [0.1, 0.15) is 129 Å². The molecule has 15 nitrogen and oxygen atoms in total. The summed E-state index contributed by atoms with van der Waals surface area (Å²) in [5.74, 6) is -1.03. The molecule has 356 valence electrons. The van der Waals surface area contributed by atoms with E-state index in [0.717, 1.165) is 57.8 Å². The van der Waals surface area contributed by atoms with Crippen LogP contribution in [-0.4, -0.2) is 142 Å². The van der Waals surface area contributed by atoms with Crippen molar-refractivity contribution in [1.82, 2.24) is 0 Å². The van der Waals surface area contributed by atoms with Crippen molar-refractivity contribution in [3.63, 3.8) is 0 Å². The summed E-state index contributed by atoms with van der Waals surface area (Å²) in [6.45, 7) is 2.39. The molecule has 0 saturated carbocycles. The molecular weight excluding hydrogens is 805 g/mol. The molecule has 0 spiro atoms. The van der Waals surface area contributed by atoms with Crippen molar-refractivity contribution in [2.75, 3.05) is 26.4 Å².